The maximum atomic E-state index is 13.1. The highest BCUT2D eigenvalue weighted by molar-refractivity contribution is 6.12. The van der Waals surface area contributed by atoms with Gasteiger partial charge >= 0.3 is 0 Å². The molecule has 3 heterocycles. The van der Waals surface area contributed by atoms with Gasteiger partial charge in [0, 0.05) is 11.7 Å². The molecule has 0 saturated carbocycles. The number of aromatic nitrogens is 3. The first kappa shape index (κ1) is 17.0. The van der Waals surface area contributed by atoms with Crippen LogP contribution in [0, 0.1) is 5.82 Å². The van der Waals surface area contributed by atoms with Crippen LogP contribution in [0.3, 0.4) is 0 Å². The van der Waals surface area contributed by atoms with Gasteiger partial charge < -0.3 is 9.73 Å². The topological polar surface area (TPSA) is 73.0 Å². The third-order valence-corrected chi connectivity index (χ3v) is 4.18. The summed E-state index contributed by atoms with van der Waals surface area (Å²) in [5, 5.41) is 7.80. The van der Waals surface area contributed by atoms with Crippen molar-refractivity contribution >= 4 is 22.6 Å². The average molecular weight is 364 g/mol. The van der Waals surface area contributed by atoms with Gasteiger partial charge in [0.05, 0.1) is 23.4 Å². The minimum absolute atomic E-state index is 0.0786. The Balaban J connectivity index is 1.82. The zero-order chi connectivity index (χ0) is 19.0. The van der Waals surface area contributed by atoms with Gasteiger partial charge in [0.25, 0.3) is 5.91 Å². The molecule has 1 aromatic carbocycles. The molecule has 27 heavy (non-hydrogen) atoms. The summed E-state index contributed by atoms with van der Waals surface area (Å²) in [6.07, 6.45) is 3.19. The van der Waals surface area contributed by atoms with Crippen LogP contribution < -0.4 is 5.32 Å². The molecular weight excluding hydrogens is 347 g/mol. The zero-order valence-electron chi connectivity index (χ0n) is 14.8. The first-order valence-corrected chi connectivity index (χ1v) is 8.52. The molecule has 4 aromatic rings. The molecule has 0 radical (unpaired) electrons. The number of carbonyl (C=O) groups is 1. The summed E-state index contributed by atoms with van der Waals surface area (Å²) >= 11 is 0. The van der Waals surface area contributed by atoms with Crippen LogP contribution in [0.25, 0.3) is 22.5 Å². The van der Waals surface area contributed by atoms with Gasteiger partial charge in [-0.1, -0.05) is 0 Å². The Morgan fingerprint density at radius 2 is 2.00 bits per heavy atom. The molecule has 0 atom stereocenters. The van der Waals surface area contributed by atoms with E-state index in [0.29, 0.717) is 33.7 Å². The standard InChI is InChI=1S/C20H17FN4O2/c1-12(2)25-19-16(11-22-25)15(10-17(24-19)18-4-3-9-27-18)20(26)23-14-7-5-13(21)6-8-14/h3-12H,1-2H3,(H,23,26). The molecule has 3 aromatic heterocycles. The lowest BCUT2D eigenvalue weighted by Gasteiger charge is -2.10. The second kappa shape index (κ2) is 6.68. The molecule has 0 unspecified atom stereocenters. The van der Waals surface area contributed by atoms with Crippen molar-refractivity contribution in [1.29, 1.82) is 0 Å². The maximum absolute atomic E-state index is 13.1. The van der Waals surface area contributed by atoms with Gasteiger partial charge in [-0.15, -0.1) is 0 Å². The Hall–Kier alpha value is -3.48. The van der Waals surface area contributed by atoms with Gasteiger partial charge in [0.2, 0.25) is 0 Å². The van der Waals surface area contributed by atoms with E-state index in [-0.39, 0.29) is 17.8 Å². The van der Waals surface area contributed by atoms with E-state index in [1.54, 1.807) is 35.3 Å². The number of carbonyl (C=O) groups excluding carboxylic acids is 1. The lowest BCUT2D eigenvalue weighted by atomic mass is 10.1. The Labute approximate surface area is 154 Å². The molecular formula is C20H17FN4O2. The van der Waals surface area contributed by atoms with Gasteiger partial charge in [0.1, 0.15) is 11.5 Å². The highest BCUT2D eigenvalue weighted by Crippen LogP contribution is 2.27. The average Bonchev–Trinajstić information content (AvgIpc) is 3.32. The number of nitrogens with one attached hydrogen (secondary N) is 1. The zero-order valence-corrected chi connectivity index (χ0v) is 14.8. The fourth-order valence-electron chi connectivity index (χ4n) is 2.87. The van der Waals surface area contributed by atoms with Crippen molar-refractivity contribution in [2.24, 2.45) is 0 Å². The van der Waals surface area contributed by atoms with E-state index in [2.05, 4.69) is 15.4 Å². The molecule has 0 aliphatic carbocycles. The Morgan fingerprint density at radius 1 is 1.22 bits per heavy atom. The second-order valence-corrected chi connectivity index (χ2v) is 6.41. The minimum atomic E-state index is -0.363. The number of rotatable bonds is 4. The van der Waals surface area contributed by atoms with Crippen LogP contribution in [-0.2, 0) is 0 Å². The number of hydrogen-bond acceptors (Lipinski definition) is 4. The van der Waals surface area contributed by atoms with Crippen LogP contribution in [0.4, 0.5) is 10.1 Å². The summed E-state index contributed by atoms with van der Waals surface area (Å²) < 4.78 is 20.3. The number of fused-ring (bicyclic) bond motifs is 1. The molecule has 0 spiro atoms. The molecule has 1 N–H and O–H groups in total. The Kier molecular flexibility index (Phi) is 4.19. The molecule has 0 bridgehead atoms. The van der Waals surface area contributed by atoms with Gasteiger partial charge in [0.15, 0.2) is 11.4 Å². The Morgan fingerprint density at radius 3 is 2.67 bits per heavy atom. The molecule has 0 aliphatic rings. The first-order valence-electron chi connectivity index (χ1n) is 8.52. The fourth-order valence-corrected chi connectivity index (χ4v) is 2.87. The summed E-state index contributed by atoms with van der Waals surface area (Å²) in [6, 6.07) is 10.9. The van der Waals surface area contributed by atoms with Crippen molar-refractivity contribution in [2.75, 3.05) is 5.32 Å². The van der Waals surface area contributed by atoms with E-state index in [9.17, 15) is 9.18 Å². The normalized spacial score (nSPS) is 11.3. The fraction of sp³-hybridized carbons (Fsp3) is 0.150. The summed E-state index contributed by atoms with van der Waals surface area (Å²) in [6.45, 7) is 3.98. The largest absolute Gasteiger partial charge is 0.463 e. The molecule has 136 valence electrons. The minimum Gasteiger partial charge on any atom is -0.463 e. The number of nitrogens with zero attached hydrogens (tertiary/aromatic N) is 3. The van der Waals surface area contributed by atoms with Gasteiger partial charge in [-0.3, -0.25) is 4.79 Å². The highest BCUT2D eigenvalue weighted by Gasteiger charge is 2.19. The van der Waals surface area contributed by atoms with Crippen LogP contribution in [0.15, 0.2) is 59.3 Å². The van der Waals surface area contributed by atoms with E-state index >= 15 is 0 Å². The number of pyridine rings is 1. The summed E-state index contributed by atoms with van der Waals surface area (Å²) in [5.41, 5.74) is 2.06. The molecule has 4 rings (SSSR count). The Bertz CT molecular complexity index is 1100. The summed E-state index contributed by atoms with van der Waals surface area (Å²) in [4.78, 5) is 17.6. The third kappa shape index (κ3) is 3.19. The maximum Gasteiger partial charge on any atom is 0.256 e. The third-order valence-electron chi connectivity index (χ3n) is 4.18. The predicted octanol–water partition coefficient (Wildman–Crippen LogP) is 4.66. The van der Waals surface area contributed by atoms with E-state index in [1.165, 1.54) is 24.3 Å². The highest BCUT2D eigenvalue weighted by atomic mass is 19.1. The van der Waals surface area contributed by atoms with Crippen molar-refractivity contribution in [3.8, 4) is 11.5 Å². The van der Waals surface area contributed by atoms with E-state index in [4.69, 9.17) is 4.42 Å². The quantitative estimate of drug-likeness (QED) is 0.571. The van der Waals surface area contributed by atoms with Gasteiger partial charge in [-0.2, -0.15) is 5.10 Å². The van der Waals surface area contributed by atoms with E-state index in [0.717, 1.165) is 0 Å². The van der Waals surface area contributed by atoms with E-state index < -0.39 is 0 Å². The van der Waals surface area contributed by atoms with Gasteiger partial charge in [-0.25, -0.2) is 14.1 Å². The molecule has 0 saturated heterocycles. The van der Waals surface area contributed by atoms with Crippen molar-refractivity contribution in [1.82, 2.24) is 14.8 Å². The van der Waals surface area contributed by atoms with Crippen molar-refractivity contribution in [3.05, 3.63) is 66.3 Å². The lowest BCUT2D eigenvalue weighted by Crippen LogP contribution is -2.13. The number of furan rings is 1. The van der Waals surface area contributed by atoms with Crippen LogP contribution >= 0.6 is 0 Å². The monoisotopic (exact) mass is 364 g/mol. The predicted molar refractivity (Wildman–Crippen MR) is 100.0 cm³/mol. The van der Waals surface area contributed by atoms with Crippen LogP contribution in [-0.4, -0.2) is 20.7 Å². The van der Waals surface area contributed by atoms with Crippen LogP contribution in [0.2, 0.25) is 0 Å². The smallest absolute Gasteiger partial charge is 0.256 e. The van der Waals surface area contributed by atoms with E-state index in [1.807, 2.05) is 13.8 Å². The molecule has 0 fully saturated rings. The van der Waals surface area contributed by atoms with Crippen molar-refractivity contribution < 1.29 is 13.6 Å². The number of hydrogen-bond donors (Lipinski definition) is 1. The first-order chi connectivity index (χ1) is 13.0. The SMILES string of the molecule is CC(C)n1ncc2c(C(=O)Nc3ccc(F)cc3)cc(-c3ccco3)nc21. The van der Waals surface area contributed by atoms with Gasteiger partial charge in [-0.05, 0) is 56.3 Å². The second-order valence-electron chi connectivity index (χ2n) is 6.41. The molecule has 0 aliphatic heterocycles. The summed E-state index contributed by atoms with van der Waals surface area (Å²) in [5.74, 6) is -0.132. The number of halogens is 1. The van der Waals surface area contributed by atoms with Crippen LogP contribution in [0.1, 0.15) is 30.2 Å². The van der Waals surface area contributed by atoms with Crippen molar-refractivity contribution in [3.63, 3.8) is 0 Å². The lowest BCUT2D eigenvalue weighted by molar-refractivity contribution is 0.102. The molecule has 7 heteroatoms. The number of benzene rings is 1. The summed E-state index contributed by atoms with van der Waals surface area (Å²) in [7, 11) is 0. The number of amides is 1. The molecule has 1 amide bonds. The van der Waals surface area contributed by atoms with Crippen LogP contribution in [0.5, 0.6) is 0 Å². The van der Waals surface area contributed by atoms with Crippen molar-refractivity contribution in [2.45, 2.75) is 19.9 Å². The molecule has 6 nitrogen and oxygen atoms in total. The number of anilines is 1.